The molecule has 0 spiro atoms. The minimum Gasteiger partial charge on any atom is -0.393 e. The molecule has 0 unspecified atom stereocenters. The number of aliphatic hydroxyl groups is 1. The van der Waals surface area contributed by atoms with Gasteiger partial charge >= 0.3 is 18.9 Å². The van der Waals surface area contributed by atoms with E-state index < -0.39 is 25.8 Å². The standard InChI is InChI=1S/C13H20O3S.C7H8O2S.C6H12O.C4H8O.C4H9.Li/c1-13(2,3)12(14)9-10-17(15,16)11-7-5-4-6-8-11;1-10(8,9)7-5-3-2-4-6-7;1-6(2,3)5-4-7-5;1-2-4-5-3-1;1-3-4-2;/h4-8,12,14H,9-10H2,1-3H3;2-6H,1H3;5H,4H2,1-3H3;1-4H2;1,3-4H2,2H3;/q;;;;-1;+1/t12-;;5-;;;/m0.0.../s1. The summed E-state index contributed by atoms with van der Waals surface area (Å²) in [5.74, 6) is -0.0184. The van der Waals surface area contributed by atoms with E-state index in [-0.39, 0.29) is 36.4 Å². The van der Waals surface area contributed by atoms with E-state index in [4.69, 9.17) is 9.47 Å². The molecule has 1 N–H and O–H groups in total. The quantitative estimate of drug-likeness (QED) is 0.284. The van der Waals surface area contributed by atoms with E-state index in [2.05, 4.69) is 34.6 Å². The number of epoxide rings is 1. The van der Waals surface area contributed by atoms with Crippen molar-refractivity contribution in [2.75, 3.05) is 31.8 Å². The smallest absolute Gasteiger partial charge is 0.393 e. The molecule has 2 aromatic carbocycles. The Morgan fingerprint density at radius 2 is 1.27 bits per heavy atom. The molecule has 2 saturated heterocycles. The van der Waals surface area contributed by atoms with Crippen molar-refractivity contribution in [3.8, 4) is 0 Å². The van der Waals surface area contributed by atoms with Crippen LogP contribution in [0.25, 0.3) is 0 Å². The molecular formula is C34H57LiO7S2. The van der Waals surface area contributed by atoms with Gasteiger partial charge in [-0.3, -0.25) is 0 Å². The van der Waals surface area contributed by atoms with Gasteiger partial charge in [0.15, 0.2) is 19.7 Å². The van der Waals surface area contributed by atoms with Crippen molar-refractivity contribution in [3.63, 3.8) is 0 Å². The molecule has 0 amide bonds. The van der Waals surface area contributed by atoms with Gasteiger partial charge in [0.05, 0.1) is 34.4 Å². The SMILES string of the molecule is C1CCOC1.CC(C)(C)[C@@H](O)CCS(=O)(=O)c1ccccc1.CC(C)(C)[C@@H]1CO1.CS(=O)(=O)c1ccccc1.[CH2-]CCC.[Li+]. The second kappa shape index (κ2) is 22.4. The Balaban J connectivity index is 0. The third kappa shape index (κ3) is 22.3. The van der Waals surface area contributed by atoms with Crippen molar-refractivity contribution < 1.29 is 50.3 Å². The molecule has 0 saturated carbocycles. The molecule has 2 atom stereocenters. The molecule has 0 aromatic heterocycles. The molecule has 2 fully saturated rings. The molecule has 2 aliphatic rings. The van der Waals surface area contributed by atoms with Gasteiger partial charge in [-0.1, -0.05) is 91.3 Å². The van der Waals surface area contributed by atoms with E-state index >= 15 is 0 Å². The molecule has 248 valence electrons. The summed E-state index contributed by atoms with van der Waals surface area (Å²) in [5, 5.41) is 9.83. The Morgan fingerprint density at radius 3 is 1.50 bits per heavy atom. The van der Waals surface area contributed by atoms with E-state index in [0.717, 1.165) is 26.2 Å². The largest absolute Gasteiger partial charge is 1.00 e. The van der Waals surface area contributed by atoms with E-state index in [9.17, 15) is 21.9 Å². The van der Waals surface area contributed by atoms with Crippen LogP contribution in [0.2, 0.25) is 0 Å². The van der Waals surface area contributed by atoms with Gasteiger partial charge in [0.2, 0.25) is 0 Å². The fourth-order valence-corrected chi connectivity index (χ4v) is 5.16. The van der Waals surface area contributed by atoms with Crippen LogP contribution in [0.15, 0.2) is 70.5 Å². The fourth-order valence-electron chi connectivity index (χ4n) is 3.17. The van der Waals surface area contributed by atoms with Crippen LogP contribution < -0.4 is 18.9 Å². The maximum Gasteiger partial charge on any atom is 1.00 e. The van der Waals surface area contributed by atoms with Crippen LogP contribution in [-0.4, -0.2) is 66.0 Å². The van der Waals surface area contributed by atoms with Crippen LogP contribution in [0.5, 0.6) is 0 Å². The molecule has 2 heterocycles. The predicted octanol–water partition coefficient (Wildman–Crippen LogP) is 4.20. The summed E-state index contributed by atoms with van der Waals surface area (Å²) in [6.45, 7) is 21.0. The maximum atomic E-state index is 12.0. The third-order valence-electron chi connectivity index (χ3n) is 6.41. The summed E-state index contributed by atoms with van der Waals surface area (Å²) in [7, 11) is -6.28. The topological polar surface area (TPSA) is 110 Å². The molecule has 0 radical (unpaired) electrons. The van der Waals surface area contributed by atoms with Crippen LogP contribution in [0.4, 0.5) is 0 Å². The summed E-state index contributed by atoms with van der Waals surface area (Å²) in [6, 6.07) is 16.7. The number of unbranched alkanes of at least 4 members (excludes halogenated alkanes) is 1. The number of rotatable bonds is 6. The molecule has 10 heteroatoms. The fraction of sp³-hybridized carbons (Fsp3) is 0.618. The number of hydrogen-bond donors (Lipinski definition) is 1. The Kier molecular flexibility index (Phi) is 22.8. The monoisotopic (exact) mass is 648 g/mol. The van der Waals surface area contributed by atoms with Gasteiger partial charge in [0.1, 0.15) is 0 Å². The zero-order valence-electron chi connectivity index (χ0n) is 28.7. The van der Waals surface area contributed by atoms with Gasteiger partial charge in [-0.05, 0) is 54.4 Å². The summed E-state index contributed by atoms with van der Waals surface area (Å²) in [5.41, 5.74) is 0.103. The zero-order valence-corrected chi connectivity index (χ0v) is 30.3. The van der Waals surface area contributed by atoms with Crippen molar-refractivity contribution in [2.45, 2.75) is 103 Å². The maximum absolute atomic E-state index is 12.0. The minimum atomic E-state index is -3.28. The van der Waals surface area contributed by atoms with Crippen LogP contribution >= 0.6 is 0 Å². The number of hydrogen-bond acceptors (Lipinski definition) is 7. The van der Waals surface area contributed by atoms with E-state index in [1.54, 1.807) is 60.7 Å². The first-order valence-electron chi connectivity index (χ1n) is 15.1. The summed E-state index contributed by atoms with van der Waals surface area (Å²) in [6.07, 6.45) is 6.23. The number of sulfone groups is 2. The molecule has 2 aliphatic heterocycles. The molecule has 2 aromatic rings. The van der Waals surface area contributed by atoms with E-state index in [1.807, 2.05) is 20.8 Å². The number of benzene rings is 2. The Labute approximate surface area is 281 Å². The summed E-state index contributed by atoms with van der Waals surface area (Å²) < 4.78 is 55.6. The molecule has 0 bridgehead atoms. The van der Waals surface area contributed by atoms with Gasteiger partial charge < -0.3 is 21.5 Å². The number of ether oxygens (including phenoxy) is 2. The summed E-state index contributed by atoms with van der Waals surface area (Å²) in [4.78, 5) is 0.691. The van der Waals surface area contributed by atoms with Crippen molar-refractivity contribution in [3.05, 3.63) is 67.6 Å². The van der Waals surface area contributed by atoms with Gasteiger partial charge in [-0.2, -0.15) is 6.42 Å². The molecule has 7 nitrogen and oxygen atoms in total. The molecule has 0 aliphatic carbocycles. The molecule has 4 rings (SSSR count). The van der Waals surface area contributed by atoms with Crippen LogP contribution in [-0.2, 0) is 29.1 Å². The van der Waals surface area contributed by atoms with Crippen LogP contribution in [0.1, 0.15) is 80.6 Å². The normalized spacial score (nSPS) is 16.5. The van der Waals surface area contributed by atoms with Gasteiger partial charge in [-0.15, -0.1) is 0 Å². The van der Waals surface area contributed by atoms with E-state index in [0.29, 0.717) is 21.3 Å². The van der Waals surface area contributed by atoms with E-state index in [1.165, 1.54) is 25.5 Å². The Bertz CT molecular complexity index is 1170. The van der Waals surface area contributed by atoms with Crippen LogP contribution in [0, 0.1) is 17.8 Å². The minimum absolute atomic E-state index is 0. The van der Waals surface area contributed by atoms with Gasteiger partial charge in [-0.25, -0.2) is 16.8 Å². The summed E-state index contributed by atoms with van der Waals surface area (Å²) >= 11 is 0. The average molecular weight is 649 g/mol. The molecular weight excluding hydrogens is 591 g/mol. The van der Waals surface area contributed by atoms with Gasteiger partial charge in [0.25, 0.3) is 0 Å². The predicted molar refractivity (Wildman–Crippen MR) is 178 cm³/mol. The zero-order chi connectivity index (χ0) is 33.2. The second-order valence-electron chi connectivity index (χ2n) is 12.7. The first-order valence-corrected chi connectivity index (χ1v) is 18.6. The Hall–Kier alpha value is -1.18. The van der Waals surface area contributed by atoms with Crippen LogP contribution in [0.3, 0.4) is 0 Å². The molecule has 44 heavy (non-hydrogen) atoms. The van der Waals surface area contributed by atoms with Crippen molar-refractivity contribution in [2.24, 2.45) is 10.8 Å². The Morgan fingerprint density at radius 1 is 0.864 bits per heavy atom. The van der Waals surface area contributed by atoms with Gasteiger partial charge in [0, 0.05) is 19.5 Å². The first-order chi connectivity index (χ1) is 19.9. The second-order valence-corrected chi connectivity index (χ2v) is 16.9. The van der Waals surface area contributed by atoms with Crippen molar-refractivity contribution >= 4 is 19.7 Å². The van der Waals surface area contributed by atoms with Crippen molar-refractivity contribution in [1.82, 2.24) is 0 Å². The number of aliphatic hydroxyl groups excluding tert-OH is 1. The first kappa shape index (κ1) is 44.9. The third-order valence-corrected chi connectivity index (χ3v) is 9.31. The average Bonchev–Trinajstić information content (AvgIpc) is 3.65. The van der Waals surface area contributed by atoms with Crippen molar-refractivity contribution in [1.29, 1.82) is 0 Å².